The van der Waals surface area contributed by atoms with Gasteiger partial charge in [-0.05, 0) is 65.7 Å². The molecule has 11 aromatic rings. The van der Waals surface area contributed by atoms with Crippen LogP contribution in [0.15, 0.2) is 188 Å². The molecule has 278 valence electrons. The van der Waals surface area contributed by atoms with E-state index in [1.54, 1.807) is 0 Å². The van der Waals surface area contributed by atoms with Crippen LogP contribution in [0, 0.1) is 17.9 Å². The van der Waals surface area contributed by atoms with Gasteiger partial charge in [-0.2, -0.15) is 5.26 Å². The van der Waals surface area contributed by atoms with Crippen molar-refractivity contribution in [3.05, 3.63) is 205 Å². The van der Waals surface area contributed by atoms with E-state index in [2.05, 4.69) is 119 Å². The number of hydrogen-bond acceptors (Lipinski definition) is 4. The second-order valence-corrected chi connectivity index (χ2v) is 15.8. The summed E-state index contributed by atoms with van der Waals surface area (Å²) < 4.78 is 4.88. The predicted octanol–water partition coefficient (Wildman–Crippen LogP) is 14.7. The molecule has 0 amide bonds. The lowest BCUT2D eigenvalue weighted by Crippen LogP contribution is -2.03. The maximum atomic E-state index is 10.2. The van der Waals surface area contributed by atoms with E-state index in [0.717, 1.165) is 72.4 Å². The van der Waals surface area contributed by atoms with E-state index in [1.807, 2.05) is 96.3 Å². The van der Waals surface area contributed by atoms with E-state index in [9.17, 15) is 5.26 Å². The molecule has 0 saturated carbocycles. The summed E-state index contributed by atoms with van der Waals surface area (Å²) in [6.45, 7) is 8.02. The highest BCUT2D eigenvalue weighted by atomic mass is 32.1. The van der Waals surface area contributed by atoms with Crippen molar-refractivity contribution in [2.75, 3.05) is 0 Å². The zero-order valence-corrected chi connectivity index (χ0v) is 32.9. The molecule has 0 unspecified atom stereocenters. The standard InChI is InChI=1S/C54H31N5S/c1-56-40-21-13-20-38(29-40)45-31-39(47-32-46(35-15-4-2-5-16-35)57-54(58-47)36-17-6-3-7-18-36)30-44(37-19-12-14-34(28-37)33-55)52(45)59-48-24-10-8-23-43(48)51-49(59)27-26-42-41-22-9-11-25-50(41)60-53(42)51/h2-32H. The fraction of sp³-hybridized carbons (Fsp3) is 0. The quantitative estimate of drug-likeness (QED) is 0.158. The highest BCUT2D eigenvalue weighted by Crippen LogP contribution is 2.48. The second kappa shape index (κ2) is 14.3. The lowest BCUT2D eigenvalue weighted by molar-refractivity contribution is 1.17. The van der Waals surface area contributed by atoms with Crippen molar-refractivity contribution in [2.24, 2.45) is 0 Å². The van der Waals surface area contributed by atoms with Gasteiger partial charge in [0.25, 0.3) is 0 Å². The molecule has 0 atom stereocenters. The highest BCUT2D eigenvalue weighted by molar-refractivity contribution is 7.26. The van der Waals surface area contributed by atoms with Gasteiger partial charge in [-0.1, -0.05) is 133 Å². The number of para-hydroxylation sites is 1. The van der Waals surface area contributed by atoms with Crippen LogP contribution in [0.2, 0.25) is 0 Å². The van der Waals surface area contributed by atoms with Gasteiger partial charge in [-0.25, -0.2) is 14.8 Å². The molecule has 0 bridgehead atoms. The molecule has 0 fully saturated rings. The Kier molecular flexibility index (Phi) is 8.37. The lowest BCUT2D eigenvalue weighted by atomic mass is 9.91. The third kappa shape index (κ3) is 5.83. The van der Waals surface area contributed by atoms with Crippen molar-refractivity contribution in [1.82, 2.24) is 14.5 Å². The van der Waals surface area contributed by atoms with Crippen LogP contribution in [0.5, 0.6) is 0 Å². The van der Waals surface area contributed by atoms with Gasteiger partial charge in [0.15, 0.2) is 11.5 Å². The molecule has 5 nitrogen and oxygen atoms in total. The topological polar surface area (TPSA) is 58.9 Å². The smallest absolute Gasteiger partial charge is 0.187 e. The summed E-state index contributed by atoms with van der Waals surface area (Å²) in [6.07, 6.45) is 0. The Morgan fingerprint density at radius 3 is 1.90 bits per heavy atom. The van der Waals surface area contributed by atoms with Crippen LogP contribution in [-0.4, -0.2) is 14.5 Å². The first-order chi connectivity index (χ1) is 29.6. The molecular formula is C54H31N5S. The molecule has 11 rings (SSSR count). The molecule has 0 spiro atoms. The number of benzene rings is 8. The summed E-state index contributed by atoms with van der Waals surface area (Å²) in [7, 11) is 0. The van der Waals surface area contributed by atoms with Crippen molar-refractivity contribution in [3.8, 4) is 67.9 Å². The number of aromatic nitrogens is 3. The number of hydrogen-bond donors (Lipinski definition) is 0. The van der Waals surface area contributed by atoms with Crippen LogP contribution in [0.3, 0.4) is 0 Å². The van der Waals surface area contributed by atoms with Crippen molar-refractivity contribution in [2.45, 2.75) is 0 Å². The molecule has 0 radical (unpaired) electrons. The zero-order chi connectivity index (χ0) is 40.2. The summed E-state index contributed by atoms with van der Waals surface area (Å²) in [4.78, 5) is 14.2. The molecule has 0 N–H and O–H groups in total. The monoisotopic (exact) mass is 781 g/mol. The lowest BCUT2D eigenvalue weighted by Gasteiger charge is -2.21. The molecule has 8 aromatic carbocycles. The Hall–Kier alpha value is -8.16. The van der Waals surface area contributed by atoms with Crippen LogP contribution < -0.4 is 0 Å². The van der Waals surface area contributed by atoms with Crippen LogP contribution in [0.25, 0.3) is 109 Å². The van der Waals surface area contributed by atoms with Crippen LogP contribution in [-0.2, 0) is 0 Å². The van der Waals surface area contributed by atoms with Crippen LogP contribution >= 0.6 is 11.3 Å². The maximum absolute atomic E-state index is 10.2. The first-order valence-electron chi connectivity index (χ1n) is 19.7. The van der Waals surface area contributed by atoms with Gasteiger partial charge in [0.05, 0.1) is 46.3 Å². The number of rotatable bonds is 6. The molecule has 6 heteroatoms. The summed E-state index contributed by atoms with van der Waals surface area (Å²) in [6, 6.07) is 66.6. The minimum atomic E-state index is 0.547. The Morgan fingerprint density at radius 1 is 0.517 bits per heavy atom. The van der Waals surface area contributed by atoms with Gasteiger partial charge >= 0.3 is 0 Å². The van der Waals surface area contributed by atoms with Gasteiger partial charge in [-0.15, -0.1) is 11.3 Å². The predicted molar refractivity (Wildman–Crippen MR) is 247 cm³/mol. The van der Waals surface area contributed by atoms with Gasteiger partial charge < -0.3 is 4.57 Å². The minimum Gasteiger partial charge on any atom is -0.308 e. The summed E-state index contributed by atoms with van der Waals surface area (Å²) >= 11 is 1.83. The number of nitrogens with zero attached hydrogens (tertiary/aromatic N) is 5. The number of nitriles is 1. The molecule has 0 saturated heterocycles. The average molecular weight is 782 g/mol. The molecule has 3 heterocycles. The van der Waals surface area contributed by atoms with Crippen molar-refractivity contribution >= 4 is 59.0 Å². The Bertz CT molecular complexity index is 3430. The van der Waals surface area contributed by atoms with E-state index in [4.69, 9.17) is 16.5 Å². The van der Waals surface area contributed by atoms with Gasteiger partial charge in [-0.3, -0.25) is 0 Å². The molecule has 60 heavy (non-hydrogen) atoms. The van der Waals surface area contributed by atoms with Gasteiger partial charge in [0.2, 0.25) is 0 Å². The van der Waals surface area contributed by atoms with Gasteiger partial charge in [0, 0.05) is 58.8 Å². The second-order valence-electron chi connectivity index (χ2n) is 14.8. The van der Waals surface area contributed by atoms with Crippen molar-refractivity contribution in [1.29, 1.82) is 5.26 Å². The first kappa shape index (κ1) is 35.0. The van der Waals surface area contributed by atoms with E-state index >= 15 is 0 Å². The zero-order valence-electron chi connectivity index (χ0n) is 32.0. The largest absolute Gasteiger partial charge is 0.308 e. The summed E-state index contributed by atoms with van der Waals surface area (Å²) in [5, 5.41) is 15.0. The molecule has 0 aliphatic rings. The highest BCUT2D eigenvalue weighted by Gasteiger charge is 2.24. The molecule has 3 aromatic heterocycles. The average Bonchev–Trinajstić information content (AvgIpc) is 3.87. The molecular weight excluding hydrogens is 751 g/mol. The third-order valence-corrected chi connectivity index (χ3v) is 12.4. The molecule has 0 aliphatic carbocycles. The first-order valence-corrected chi connectivity index (χ1v) is 20.5. The SMILES string of the molecule is [C-]#[N+]c1cccc(-c2cc(-c3cc(-c4ccccc4)nc(-c4ccccc4)n3)cc(-c3cccc(C#N)c3)c2-n2c3ccccc3c3c4sc5ccccc5c4ccc32)c1. The maximum Gasteiger partial charge on any atom is 0.187 e. The van der Waals surface area contributed by atoms with E-state index in [1.165, 1.54) is 25.6 Å². The Balaban J connectivity index is 1.29. The summed E-state index contributed by atoms with van der Waals surface area (Å²) in [5.74, 6) is 0.621. The summed E-state index contributed by atoms with van der Waals surface area (Å²) in [5.41, 5.74) is 12.2. The Labute approximate surface area is 350 Å². The van der Waals surface area contributed by atoms with Crippen LogP contribution in [0.4, 0.5) is 5.69 Å². The van der Waals surface area contributed by atoms with E-state index < -0.39 is 0 Å². The van der Waals surface area contributed by atoms with E-state index in [0.29, 0.717) is 17.1 Å². The fourth-order valence-electron chi connectivity index (χ4n) is 8.51. The van der Waals surface area contributed by atoms with E-state index in [-0.39, 0.29) is 0 Å². The van der Waals surface area contributed by atoms with Crippen molar-refractivity contribution < 1.29 is 0 Å². The van der Waals surface area contributed by atoms with Gasteiger partial charge in [0.1, 0.15) is 0 Å². The minimum absolute atomic E-state index is 0.547. The van der Waals surface area contributed by atoms with Crippen molar-refractivity contribution in [3.63, 3.8) is 0 Å². The fourth-order valence-corrected chi connectivity index (χ4v) is 9.77. The normalized spacial score (nSPS) is 11.3. The molecule has 0 aliphatic heterocycles. The number of thiophene rings is 1. The number of fused-ring (bicyclic) bond motifs is 7. The third-order valence-electron chi connectivity index (χ3n) is 11.2. The van der Waals surface area contributed by atoms with Crippen LogP contribution in [0.1, 0.15) is 5.56 Å². The Morgan fingerprint density at radius 2 is 1.15 bits per heavy atom.